The van der Waals surface area contributed by atoms with E-state index in [2.05, 4.69) is 38.1 Å². The molecule has 0 atom stereocenters. The van der Waals surface area contributed by atoms with Crippen molar-refractivity contribution in [3.8, 4) is 0 Å². The molecule has 0 aliphatic rings. The van der Waals surface area contributed by atoms with Gasteiger partial charge in [-0.1, -0.05) is 56.3 Å². The van der Waals surface area contributed by atoms with Gasteiger partial charge in [-0.05, 0) is 17.4 Å². The van der Waals surface area contributed by atoms with Crippen LogP contribution in [0, 0.1) is 5.41 Å². The Kier molecular flexibility index (Phi) is 3.90. The summed E-state index contributed by atoms with van der Waals surface area (Å²) >= 11 is 0. The lowest BCUT2D eigenvalue weighted by Crippen LogP contribution is -2.14. The quantitative estimate of drug-likeness (QED) is 0.773. The number of hydrogen-bond donors (Lipinski definition) is 1. The van der Waals surface area contributed by atoms with Gasteiger partial charge in [0, 0.05) is 6.61 Å². The van der Waals surface area contributed by atoms with Crippen molar-refractivity contribution in [2.45, 2.75) is 20.3 Å². The Hall–Kier alpha value is -1.08. The Balaban J connectivity index is 2.50. The van der Waals surface area contributed by atoms with E-state index in [1.54, 1.807) is 0 Å². The molecular formula is C13H18O. The summed E-state index contributed by atoms with van der Waals surface area (Å²) in [5.41, 5.74) is 1.20. The van der Waals surface area contributed by atoms with Crippen LogP contribution in [0.2, 0.25) is 0 Å². The third-order valence-electron chi connectivity index (χ3n) is 2.21. The zero-order valence-electron chi connectivity index (χ0n) is 8.90. The van der Waals surface area contributed by atoms with Crippen LogP contribution in [0.3, 0.4) is 0 Å². The summed E-state index contributed by atoms with van der Waals surface area (Å²) < 4.78 is 0. The van der Waals surface area contributed by atoms with Gasteiger partial charge in [-0.15, -0.1) is 0 Å². The predicted molar refractivity (Wildman–Crippen MR) is 61.0 cm³/mol. The fourth-order valence-electron chi connectivity index (χ4n) is 1.14. The minimum Gasteiger partial charge on any atom is -0.396 e. The average Bonchev–Trinajstić information content (AvgIpc) is 2.19. The Morgan fingerprint density at radius 1 is 1.21 bits per heavy atom. The van der Waals surface area contributed by atoms with Crippen LogP contribution in [0.5, 0.6) is 0 Å². The van der Waals surface area contributed by atoms with E-state index < -0.39 is 0 Å². The maximum atomic E-state index is 9.06. The molecular weight excluding hydrogens is 172 g/mol. The third-order valence-corrected chi connectivity index (χ3v) is 2.21. The Morgan fingerprint density at radius 2 is 1.86 bits per heavy atom. The second kappa shape index (κ2) is 4.97. The first-order valence-electron chi connectivity index (χ1n) is 4.96. The number of rotatable bonds is 4. The molecule has 0 radical (unpaired) electrons. The second-order valence-corrected chi connectivity index (χ2v) is 4.34. The fraction of sp³-hybridized carbons (Fsp3) is 0.385. The molecule has 0 saturated heterocycles. The lowest BCUT2D eigenvalue weighted by molar-refractivity contribution is 0.162. The van der Waals surface area contributed by atoms with Gasteiger partial charge in [-0.25, -0.2) is 0 Å². The molecule has 1 nitrogen and oxygen atoms in total. The highest BCUT2D eigenvalue weighted by atomic mass is 16.3. The molecule has 0 bridgehead atoms. The van der Waals surface area contributed by atoms with Gasteiger partial charge in [-0.2, -0.15) is 0 Å². The molecule has 0 unspecified atom stereocenters. The topological polar surface area (TPSA) is 20.2 Å². The summed E-state index contributed by atoms with van der Waals surface area (Å²) in [6.07, 6.45) is 5.11. The highest BCUT2D eigenvalue weighted by molar-refractivity contribution is 5.48. The van der Waals surface area contributed by atoms with Crippen LogP contribution in [0.1, 0.15) is 25.8 Å². The molecule has 0 spiro atoms. The SMILES string of the molecule is CC(C)(CO)C/C=C/c1ccccc1. The molecule has 0 aromatic heterocycles. The van der Waals surface area contributed by atoms with E-state index in [0.29, 0.717) is 0 Å². The van der Waals surface area contributed by atoms with Gasteiger partial charge in [0.25, 0.3) is 0 Å². The van der Waals surface area contributed by atoms with Crippen molar-refractivity contribution in [2.75, 3.05) is 6.61 Å². The van der Waals surface area contributed by atoms with Gasteiger partial charge >= 0.3 is 0 Å². The van der Waals surface area contributed by atoms with E-state index in [1.165, 1.54) is 5.56 Å². The van der Waals surface area contributed by atoms with Crippen molar-refractivity contribution in [3.63, 3.8) is 0 Å². The molecule has 0 amide bonds. The van der Waals surface area contributed by atoms with Gasteiger partial charge in [0.15, 0.2) is 0 Å². The van der Waals surface area contributed by atoms with Crippen LogP contribution >= 0.6 is 0 Å². The third kappa shape index (κ3) is 3.75. The van der Waals surface area contributed by atoms with E-state index in [4.69, 9.17) is 5.11 Å². The van der Waals surface area contributed by atoms with E-state index in [-0.39, 0.29) is 12.0 Å². The summed E-state index contributed by atoms with van der Waals surface area (Å²) in [5, 5.41) is 9.06. The van der Waals surface area contributed by atoms with Crippen molar-refractivity contribution >= 4 is 6.08 Å². The van der Waals surface area contributed by atoms with E-state index in [9.17, 15) is 0 Å². The van der Waals surface area contributed by atoms with Crippen LogP contribution in [-0.4, -0.2) is 11.7 Å². The Bertz CT molecular complexity index is 285. The lowest BCUT2D eigenvalue weighted by atomic mass is 9.90. The summed E-state index contributed by atoms with van der Waals surface area (Å²) in [6, 6.07) is 10.2. The van der Waals surface area contributed by atoms with Crippen LogP contribution in [-0.2, 0) is 0 Å². The molecule has 0 heterocycles. The first-order valence-corrected chi connectivity index (χ1v) is 4.96. The summed E-state index contributed by atoms with van der Waals surface area (Å²) in [4.78, 5) is 0. The molecule has 0 aliphatic carbocycles. The molecule has 1 aromatic rings. The van der Waals surface area contributed by atoms with Crippen LogP contribution < -0.4 is 0 Å². The predicted octanol–water partition coefficient (Wildman–Crippen LogP) is 3.11. The van der Waals surface area contributed by atoms with Crippen molar-refractivity contribution < 1.29 is 5.11 Å². The summed E-state index contributed by atoms with van der Waals surface area (Å²) in [5.74, 6) is 0. The smallest absolute Gasteiger partial charge is 0.0485 e. The standard InChI is InChI=1S/C13H18O/c1-13(2,11-14)10-6-9-12-7-4-3-5-8-12/h3-9,14H,10-11H2,1-2H3/b9-6+. The molecule has 14 heavy (non-hydrogen) atoms. The molecule has 1 N–H and O–H groups in total. The number of aliphatic hydroxyl groups excluding tert-OH is 1. The van der Waals surface area contributed by atoms with E-state index >= 15 is 0 Å². The van der Waals surface area contributed by atoms with Crippen LogP contribution in [0.4, 0.5) is 0 Å². The monoisotopic (exact) mass is 190 g/mol. The molecule has 1 rings (SSSR count). The fourth-order valence-corrected chi connectivity index (χ4v) is 1.14. The van der Waals surface area contributed by atoms with Gasteiger partial charge in [0.1, 0.15) is 0 Å². The largest absolute Gasteiger partial charge is 0.396 e. The van der Waals surface area contributed by atoms with Crippen molar-refractivity contribution in [1.29, 1.82) is 0 Å². The number of benzene rings is 1. The van der Waals surface area contributed by atoms with Gasteiger partial charge in [-0.3, -0.25) is 0 Å². The molecule has 1 aromatic carbocycles. The van der Waals surface area contributed by atoms with Gasteiger partial charge in [0.05, 0.1) is 0 Å². The second-order valence-electron chi connectivity index (χ2n) is 4.34. The zero-order chi connectivity index (χ0) is 10.4. The van der Waals surface area contributed by atoms with Crippen molar-refractivity contribution in [2.24, 2.45) is 5.41 Å². The van der Waals surface area contributed by atoms with Crippen molar-refractivity contribution in [3.05, 3.63) is 42.0 Å². The average molecular weight is 190 g/mol. The lowest BCUT2D eigenvalue weighted by Gasteiger charge is -2.18. The van der Waals surface area contributed by atoms with Gasteiger partial charge in [0.2, 0.25) is 0 Å². The van der Waals surface area contributed by atoms with E-state index in [0.717, 1.165) is 6.42 Å². The van der Waals surface area contributed by atoms with Gasteiger partial charge < -0.3 is 5.11 Å². The molecule has 76 valence electrons. The molecule has 1 heteroatoms. The molecule has 0 fully saturated rings. The minimum absolute atomic E-state index is 0.00865. The summed E-state index contributed by atoms with van der Waals surface area (Å²) in [7, 11) is 0. The highest BCUT2D eigenvalue weighted by Gasteiger charge is 2.13. The maximum absolute atomic E-state index is 9.06. The maximum Gasteiger partial charge on any atom is 0.0485 e. The van der Waals surface area contributed by atoms with Crippen LogP contribution in [0.15, 0.2) is 36.4 Å². The first kappa shape index (κ1) is 11.0. The number of allylic oxidation sites excluding steroid dienone is 1. The molecule has 0 aliphatic heterocycles. The normalized spacial score (nSPS) is 12.2. The zero-order valence-corrected chi connectivity index (χ0v) is 8.90. The number of aliphatic hydroxyl groups is 1. The Morgan fingerprint density at radius 3 is 2.43 bits per heavy atom. The Labute approximate surface area is 86.1 Å². The first-order chi connectivity index (χ1) is 6.64. The highest BCUT2D eigenvalue weighted by Crippen LogP contribution is 2.20. The van der Waals surface area contributed by atoms with Crippen molar-refractivity contribution in [1.82, 2.24) is 0 Å². The van der Waals surface area contributed by atoms with E-state index in [1.807, 2.05) is 18.2 Å². The summed E-state index contributed by atoms with van der Waals surface area (Å²) in [6.45, 7) is 4.34. The minimum atomic E-state index is -0.00865. The van der Waals surface area contributed by atoms with Crippen LogP contribution in [0.25, 0.3) is 6.08 Å². The number of hydrogen-bond acceptors (Lipinski definition) is 1. The molecule has 0 saturated carbocycles.